The van der Waals surface area contributed by atoms with Crippen LogP contribution < -0.4 is 9.47 Å². The van der Waals surface area contributed by atoms with Crippen LogP contribution in [-0.2, 0) is 4.79 Å². The molecule has 0 unspecified atom stereocenters. The molecule has 132 valence electrons. The van der Waals surface area contributed by atoms with Crippen molar-refractivity contribution in [3.8, 4) is 11.5 Å². The van der Waals surface area contributed by atoms with Gasteiger partial charge in [-0.15, -0.1) is 0 Å². The zero-order chi connectivity index (χ0) is 18.1. The van der Waals surface area contributed by atoms with E-state index in [1.807, 2.05) is 62.4 Å². The maximum Gasteiger partial charge on any atom is 0.246 e. The minimum atomic E-state index is -0.0543. The van der Waals surface area contributed by atoms with Crippen molar-refractivity contribution in [3.63, 3.8) is 0 Å². The predicted octanol–water partition coefficient (Wildman–Crippen LogP) is 3.94. The minimum absolute atomic E-state index is 0.0543. The molecule has 0 aliphatic rings. The van der Waals surface area contributed by atoms with Gasteiger partial charge >= 0.3 is 0 Å². The Morgan fingerprint density at radius 1 is 1.00 bits per heavy atom. The summed E-state index contributed by atoms with van der Waals surface area (Å²) in [7, 11) is 1.77. The molecule has 0 saturated heterocycles. The van der Waals surface area contributed by atoms with E-state index in [-0.39, 0.29) is 5.91 Å². The molecule has 4 heteroatoms. The lowest BCUT2D eigenvalue weighted by Crippen LogP contribution is -2.29. The topological polar surface area (TPSA) is 38.8 Å². The van der Waals surface area contributed by atoms with Crippen molar-refractivity contribution in [1.29, 1.82) is 0 Å². The maximum atomic E-state index is 12.1. The van der Waals surface area contributed by atoms with Crippen LogP contribution in [0.25, 0.3) is 6.08 Å². The van der Waals surface area contributed by atoms with Gasteiger partial charge in [0, 0.05) is 13.1 Å². The van der Waals surface area contributed by atoms with Crippen molar-refractivity contribution in [2.45, 2.75) is 13.8 Å². The first-order valence-corrected chi connectivity index (χ1v) is 8.44. The third-order valence-corrected chi connectivity index (χ3v) is 3.70. The molecule has 2 aromatic carbocycles. The lowest BCUT2D eigenvalue weighted by Gasteiger charge is -2.15. The molecule has 0 fully saturated rings. The Labute approximate surface area is 149 Å². The number of carbonyl (C=O) groups excluding carboxylic acids is 1. The number of hydrogen-bond donors (Lipinski definition) is 0. The minimum Gasteiger partial charge on any atom is -0.494 e. The molecule has 2 rings (SSSR count). The number of hydrogen-bond acceptors (Lipinski definition) is 3. The zero-order valence-corrected chi connectivity index (χ0v) is 15.1. The van der Waals surface area contributed by atoms with Gasteiger partial charge in [-0.25, -0.2) is 0 Å². The second-order valence-electron chi connectivity index (χ2n) is 5.76. The summed E-state index contributed by atoms with van der Waals surface area (Å²) < 4.78 is 11.0. The Balaban J connectivity index is 1.77. The Hall–Kier alpha value is -2.75. The highest BCUT2D eigenvalue weighted by atomic mass is 16.5. The second kappa shape index (κ2) is 9.52. The van der Waals surface area contributed by atoms with E-state index in [0.717, 1.165) is 17.1 Å². The average Bonchev–Trinajstić information content (AvgIpc) is 2.62. The monoisotopic (exact) mass is 339 g/mol. The summed E-state index contributed by atoms with van der Waals surface area (Å²) in [4.78, 5) is 13.8. The molecule has 0 aromatic heterocycles. The molecule has 0 heterocycles. The van der Waals surface area contributed by atoms with E-state index in [2.05, 4.69) is 0 Å². The number of carbonyl (C=O) groups is 1. The Bertz CT molecular complexity index is 690. The fourth-order valence-corrected chi connectivity index (χ4v) is 2.18. The molecule has 0 saturated carbocycles. The van der Waals surface area contributed by atoms with Gasteiger partial charge in [0.15, 0.2) is 0 Å². The third kappa shape index (κ3) is 6.34. The first-order chi connectivity index (χ1) is 12.1. The van der Waals surface area contributed by atoms with Crippen molar-refractivity contribution >= 4 is 12.0 Å². The molecule has 2 aromatic rings. The third-order valence-electron chi connectivity index (χ3n) is 3.70. The second-order valence-corrected chi connectivity index (χ2v) is 5.76. The Kier molecular flexibility index (Phi) is 7.08. The van der Waals surface area contributed by atoms with Crippen LogP contribution in [0.15, 0.2) is 54.6 Å². The number of nitrogens with zero attached hydrogens (tertiary/aromatic N) is 1. The molecule has 0 aliphatic heterocycles. The Morgan fingerprint density at radius 2 is 1.60 bits per heavy atom. The molecule has 0 N–H and O–H groups in total. The number of amides is 1. The number of aryl methyl sites for hydroxylation is 1. The summed E-state index contributed by atoms with van der Waals surface area (Å²) in [5.41, 5.74) is 2.15. The van der Waals surface area contributed by atoms with Crippen LogP contribution >= 0.6 is 0 Å². The van der Waals surface area contributed by atoms with E-state index in [1.54, 1.807) is 24.1 Å². The van der Waals surface area contributed by atoms with Crippen molar-refractivity contribution in [2.75, 3.05) is 26.8 Å². The predicted molar refractivity (Wildman–Crippen MR) is 101 cm³/mol. The number of likely N-dealkylation sites (N-methyl/N-ethyl adjacent to an activating group) is 1. The SMILES string of the molecule is CCOc1ccc(/C=C/C(=O)N(C)CCOc2ccc(C)cc2)cc1. The van der Waals surface area contributed by atoms with Crippen molar-refractivity contribution in [2.24, 2.45) is 0 Å². The van der Waals surface area contributed by atoms with E-state index in [9.17, 15) is 4.79 Å². The normalized spacial score (nSPS) is 10.7. The van der Waals surface area contributed by atoms with Gasteiger partial charge in [-0.3, -0.25) is 4.79 Å². The highest BCUT2D eigenvalue weighted by Gasteiger charge is 2.05. The van der Waals surface area contributed by atoms with E-state index >= 15 is 0 Å². The molecular formula is C21H25NO3. The maximum absolute atomic E-state index is 12.1. The summed E-state index contributed by atoms with van der Waals surface area (Å²) in [5, 5.41) is 0. The molecule has 0 bridgehead atoms. The highest BCUT2D eigenvalue weighted by Crippen LogP contribution is 2.13. The molecule has 4 nitrogen and oxygen atoms in total. The van der Waals surface area contributed by atoms with E-state index in [4.69, 9.17) is 9.47 Å². The fraction of sp³-hybridized carbons (Fsp3) is 0.286. The van der Waals surface area contributed by atoms with Crippen LogP contribution in [0, 0.1) is 6.92 Å². The fourth-order valence-electron chi connectivity index (χ4n) is 2.18. The van der Waals surface area contributed by atoms with Gasteiger partial charge in [0.25, 0.3) is 0 Å². The summed E-state index contributed by atoms with van der Waals surface area (Å²) >= 11 is 0. The lowest BCUT2D eigenvalue weighted by atomic mass is 10.2. The zero-order valence-electron chi connectivity index (χ0n) is 15.1. The van der Waals surface area contributed by atoms with Gasteiger partial charge < -0.3 is 14.4 Å². The Morgan fingerprint density at radius 3 is 2.24 bits per heavy atom. The first kappa shape index (κ1) is 18.6. The molecule has 25 heavy (non-hydrogen) atoms. The lowest BCUT2D eigenvalue weighted by molar-refractivity contribution is -0.125. The molecule has 1 amide bonds. The van der Waals surface area contributed by atoms with Gasteiger partial charge in [-0.1, -0.05) is 29.8 Å². The van der Waals surface area contributed by atoms with Crippen molar-refractivity contribution in [1.82, 2.24) is 4.90 Å². The van der Waals surface area contributed by atoms with E-state index in [0.29, 0.717) is 19.8 Å². The van der Waals surface area contributed by atoms with Crippen LogP contribution in [0.1, 0.15) is 18.1 Å². The number of rotatable bonds is 8. The van der Waals surface area contributed by atoms with E-state index in [1.165, 1.54) is 5.56 Å². The molecule has 0 aliphatic carbocycles. The van der Waals surface area contributed by atoms with Crippen molar-refractivity contribution in [3.05, 3.63) is 65.7 Å². The highest BCUT2D eigenvalue weighted by molar-refractivity contribution is 5.91. The van der Waals surface area contributed by atoms with Crippen molar-refractivity contribution < 1.29 is 14.3 Å². The van der Waals surface area contributed by atoms with Gasteiger partial charge in [-0.2, -0.15) is 0 Å². The van der Waals surface area contributed by atoms with Crippen LogP contribution in [0.2, 0.25) is 0 Å². The average molecular weight is 339 g/mol. The van der Waals surface area contributed by atoms with Crippen LogP contribution in [0.4, 0.5) is 0 Å². The van der Waals surface area contributed by atoms with E-state index < -0.39 is 0 Å². The number of ether oxygens (including phenoxy) is 2. The molecule has 0 atom stereocenters. The molecule has 0 radical (unpaired) electrons. The summed E-state index contributed by atoms with van der Waals surface area (Å²) in [6.07, 6.45) is 3.37. The largest absolute Gasteiger partial charge is 0.494 e. The van der Waals surface area contributed by atoms with Crippen LogP contribution in [0.5, 0.6) is 11.5 Å². The standard InChI is InChI=1S/C21H25NO3/c1-4-24-19-12-7-18(8-13-19)9-14-21(23)22(3)15-16-25-20-10-5-17(2)6-11-20/h5-14H,4,15-16H2,1-3H3/b14-9+. The number of benzene rings is 2. The van der Waals surface area contributed by atoms with Gasteiger partial charge in [0.1, 0.15) is 18.1 Å². The smallest absolute Gasteiger partial charge is 0.246 e. The molecular weight excluding hydrogens is 314 g/mol. The molecule has 0 spiro atoms. The van der Waals surface area contributed by atoms with Crippen LogP contribution in [0.3, 0.4) is 0 Å². The van der Waals surface area contributed by atoms with Gasteiger partial charge in [0.2, 0.25) is 5.91 Å². The van der Waals surface area contributed by atoms with Crippen LogP contribution in [-0.4, -0.2) is 37.6 Å². The quantitative estimate of drug-likeness (QED) is 0.684. The first-order valence-electron chi connectivity index (χ1n) is 8.44. The van der Waals surface area contributed by atoms with Gasteiger partial charge in [-0.05, 0) is 49.8 Å². The van der Waals surface area contributed by atoms with Gasteiger partial charge in [0.05, 0.1) is 13.2 Å². The summed E-state index contributed by atoms with van der Waals surface area (Å²) in [5.74, 6) is 1.59. The summed E-state index contributed by atoms with van der Waals surface area (Å²) in [6, 6.07) is 15.5. The summed E-state index contributed by atoms with van der Waals surface area (Å²) in [6.45, 7) is 5.61.